The van der Waals surface area contributed by atoms with Crippen molar-refractivity contribution in [3.05, 3.63) is 0 Å². The van der Waals surface area contributed by atoms with Gasteiger partial charge in [0.25, 0.3) is 0 Å². The number of hydrogen-bond donors (Lipinski definition) is 0. The van der Waals surface area contributed by atoms with Gasteiger partial charge in [-0.1, -0.05) is 0 Å². The van der Waals surface area contributed by atoms with Gasteiger partial charge in [-0.05, 0) is 67.2 Å². The number of hydrogen-bond acceptors (Lipinski definition) is 3. The molecule has 122 valence electrons. The van der Waals surface area contributed by atoms with Gasteiger partial charge in [-0.25, -0.2) is 8.51 Å². The largest absolute Gasteiger partial charge is 0.460 e. The van der Waals surface area contributed by atoms with Gasteiger partial charge in [-0.3, -0.25) is 4.79 Å². The maximum absolute atomic E-state index is 12.7. The minimum Gasteiger partial charge on any atom is -0.460 e. The zero-order valence-electron chi connectivity index (χ0n) is 14.2. The second kappa shape index (κ2) is 5.34. The smallest absolute Gasteiger partial charge is 0.309 e. The van der Waals surface area contributed by atoms with Crippen LogP contribution in [-0.4, -0.2) is 36.9 Å². The summed E-state index contributed by atoms with van der Waals surface area (Å²) in [5, 5.41) is 0. The van der Waals surface area contributed by atoms with Crippen LogP contribution in [0.2, 0.25) is 0 Å². The molecule has 2 rings (SSSR count). The van der Waals surface area contributed by atoms with Gasteiger partial charge in [0, 0.05) is 12.1 Å². The van der Waals surface area contributed by atoms with Crippen LogP contribution < -0.4 is 0 Å². The number of nitrogens with zero attached hydrogens (tertiary/aromatic N) is 1. The molecule has 0 radical (unpaired) electrons. The summed E-state index contributed by atoms with van der Waals surface area (Å²) in [6, 6.07) is 0. The lowest BCUT2D eigenvalue weighted by Crippen LogP contribution is -2.58. The lowest BCUT2D eigenvalue weighted by Gasteiger charge is -2.50. The van der Waals surface area contributed by atoms with E-state index in [4.69, 9.17) is 4.74 Å². The van der Waals surface area contributed by atoms with E-state index >= 15 is 0 Å². The number of esters is 1. The lowest BCUT2D eigenvalue weighted by molar-refractivity contribution is -0.167. The molecular formula is C16H29NO3S. The third-order valence-corrected chi connectivity index (χ3v) is 6.27. The standard InChI is InChI=1S/C16H29NO3S/c1-14(2,3)20-13(18)12-10-16(11-12)8-7-9-17(16)21(19)15(4,5)6/h12H,7-11H2,1-6H3. The topological polar surface area (TPSA) is 46.6 Å². The molecule has 1 aliphatic carbocycles. The van der Waals surface area contributed by atoms with Crippen molar-refractivity contribution in [3.8, 4) is 0 Å². The van der Waals surface area contributed by atoms with Crippen molar-refractivity contribution < 1.29 is 13.7 Å². The third kappa shape index (κ3) is 3.50. The number of carbonyl (C=O) groups excluding carboxylic acids is 1. The van der Waals surface area contributed by atoms with E-state index in [1.165, 1.54) is 0 Å². The van der Waals surface area contributed by atoms with Crippen molar-refractivity contribution in [1.82, 2.24) is 4.31 Å². The minimum atomic E-state index is -0.997. The molecule has 1 unspecified atom stereocenters. The Balaban J connectivity index is 2.00. The Morgan fingerprint density at radius 3 is 2.24 bits per heavy atom. The first-order chi connectivity index (χ1) is 9.45. The highest BCUT2D eigenvalue weighted by Crippen LogP contribution is 2.51. The molecule has 1 spiro atoms. The summed E-state index contributed by atoms with van der Waals surface area (Å²) in [6.07, 6.45) is 3.71. The van der Waals surface area contributed by atoms with Crippen LogP contribution in [0.25, 0.3) is 0 Å². The summed E-state index contributed by atoms with van der Waals surface area (Å²) >= 11 is 0. The lowest BCUT2D eigenvalue weighted by atomic mass is 9.67. The maximum atomic E-state index is 12.7. The van der Waals surface area contributed by atoms with Crippen molar-refractivity contribution >= 4 is 17.0 Å². The summed E-state index contributed by atoms with van der Waals surface area (Å²) in [6.45, 7) is 12.6. The van der Waals surface area contributed by atoms with Crippen molar-refractivity contribution in [2.24, 2.45) is 5.92 Å². The van der Waals surface area contributed by atoms with Crippen LogP contribution in [0.4, 0.5) is 0 Å². The molecule has 0 aromatic carbocycles. The molecule has 1 saturated carbocycles. The van der Waals surface area contributed by atoms with E-state index in [9.17, 15) is 9.00 Å². The van der Waals surface area contributed by atoms with Crippen LogP contribution in [0.15, 0.2) is 0 Å². The van der Waals surface area contributed by atoms with E-state index in [-0.39, 0.29) is 22.2 Å². The van der Waals surface area contributed by atoms with E-state index in [2.05, 4.69) is 4.31 Å². The molecule has 1 atom stereocenters. The molecule has 1 heterocycles. The van der Waals surface area contributed by atoms with Crippen LogP contribution in [0.5, 0.6) is 0 Å². The molecule has 0 aromatic heterocycles. The van der Waals surface area contributed by atoms with E-state index in [1.54, 1.807) is 0 Å². The molecule has 1 aliphatic heterocycles. The van der Waals surface area contributed by atoms with Crippen LogP contribution >= 0.6 is 0 Å². The van der Waals surface area contributed by atoms with Crippen molar-refractivity contribution in [1.29, 1.82) is 0 Å². The normalized spacial score (nSPS) is 32.0. The van der Waals surface area contributed by atoms with Crippen molar-refractivity contribution in [2.45, 2.75) is 83.1 Å². The second-order valence-corrected chi connectivity index (χ2v) is 10.6. The van der Waals surface area contributed by atoms with Crippen LogP contribution in [0.3, 0.4) is 0 Å². The molecule has 0 amide bonds. The molecule has 0 N–H and O–H groups in total. The molecule has 1 saturated heterocycles. The van der Waals surface area contributed by atoms with E-state index in [1.807, 2.05) is 41.5 Å². The number of rotatable bonds is 2. The highest BCUT2D eigenvalue weighted by atomic mass is 32.2. The third-order valence-electron chi connectivity index (χ3n) is 4.25. The molecule has 2 fully saturated rings. The van der Waals surface area contributed by atoms with Crippen molar-refractivity contribution in [3.63, 3.8) is 0 Å². The van der Waals surface area contributed by atoms with Gasteiger partial charge in [0.2, 0.25) is 0 Å². The monoisotopic (exact) mass is 315 g/mol. The Kier molecular flexibility index (Phi) is 4.31. The van der Waals surface area contributed by atoms with Gasteiger partial charge < -0.3 is 4.74 Å². The first-order valence-electron chi connectivity index (χ1n) is 7.87. The van der Waals surface area contributed by atoms with Gasteiger partial charge in [0.1, 0.15) is 16.6 Å². The van der Waals surface area contributed by atoms with Gasteiger partial charge in [-0.2, -0.15) is 0 Å². The average Bonchev–Trinajstić information content (AvgIpc) is 2.65. The fraction of sp³-hybridized carbons (Fsp3) is 0.938. The molecule has 0 bridgehead atoms. The highest BCUT2D eigenvalue weighted by molar-refractivity contribution is 7.84. The van der Waals surface area contributed by atoms with E-state index < -0.39 is 16.6 Å². The first kappa shape index (κ1) is 16.9. The van der Waals surface area contributed by atoms with Gasteiger partial charge in [-0.15, -0.1) is 0 Å². The molecule has 21 heavy (non-hydrogen) atoms. The Bertz CT molecular complexity index is 441. The summed E-state index contributed by atoms with van der Waals surface area (Å²) < 4.78 is 20.1. The van der Waals surface area contributed by atoms with Crippen LogP contribution in [-0.2, 0) is 20.5 Å². The molecule has 2 aliphatic rings. The predicted octanol–water partition coefficient (Wildman–Crippen LogP) is 3.03. The van der Waals surface area contributed by atoms with Crippen LogP contribution in [0, 0.1) is 5.92 Å². The highest BCUT2D eigenvalue weighted by Gasteiger charge is 2.56. The Hall–Kier alpha value is -0.420. The fourth-order valence-electron chi connectivity index (χ4n) is 3.32. The first-order valence-corrected chi connectivity index (χ1v) is 8.98. The SMILES string of the molecule is CC(C)(C)OC(=O)C1CC2(CCCN2S(=O)C(C)(C)C)C1. The van der Waals surface area contributed by atoms with Crippen molar-refractivity contribution in [2.75, 3.05) is 6.54 Å². The van der Waals surface area contributed by atoms with Crippen LogP contribution in [0.1, 0.15) is 67.2 Å². The molecule has 5 heteroatoms. The van der Waals surface area contributed by atoms with E-state index in [0.29, 0.717) is 0 Å². The van der Waals surface area contributed by atoms with E-state index in [0.717, 1.165) is 32.2 Å². The second-order valence-electron chi connectivity index (χ2n) is 8.43. The summed E-state index contributed by atoms with van der Waals surface area (Å²) in [5.74, 6) is -0.122. The quantitative estimate of drug-likeness (QED) is 0.736. The Morgan fingerprint density at radius 2 is 1.76 bits per heavy atom. The molecule has 0 aromatic rings. The summed E-state index contributed by atoms with van der Waals surface area (Å²) in [4.78, 5) is 12.1. The fourth-order valence-corrected chi connectivity index (χ4v) is 4.87. The zero-order chi connectivity index (χ0) is 16.1. The Labute approximate surface area is 131 Å². The van der Waals surface area contributed by atoms with Gasteiger partial charge in [0.15, 0.2) is 0 Å². The summed E-state index contributed by atoms with van der Waals surface area (Å²) in [5.41, 5.74) is -0.455. The Morgan fingerprint density at radius 1 is 1.19 bits per heavy atom. The van der Waals surface area contributed by atoms with Gasteiger partial charge in [0.05, 0.1) is 10.7 Å². The molecular weight excluding hydrogens is 286 g/mol. The average molecular weight is 315 g/mol. The number of carbonyl (C=O) groups is 1. The predicted molar refractivity (Wildman–Crippen MR) is 85.1 cm³/mol. The minimum absolute atomic E-state index is 0.0261. The number of ether oxygens (including phenoxy) is 1. The maximum Gasteiger partial charge on any atom is 0.309 e. The summed E-state index contributed by atoms with van der Waals surface area (Å²) in [7, 11) is -0.997. The van der Waals surface area contributed by atoms with Gasteiger partial charge >= 0.3 is 5.97 Å². The molecule has 4 nitrogen and oxygen atoms in total. The zero-order valence-corrected chi connectivity index (χ0v) is 15.0.